The lowest BCUT2D eigenvalue weighted by atomic mass is 9.72. The summed E-state index contributed by atoms with van der Waals surface area (Å²) in [6.45, 7) is 10.5. The van der Waals surface area contributed by atoms with Gasteiger partial charge < -0.3 is 10.1 Å². The summed E-state index contributed by atoms with van der Waals surface area (Å²) in [4.78, 5) is 2.91. The SMILES string of the molecule is C=Cc1[nH]c(CC(O)(CC(C)(C)c2cc(F)ccc2CC)C(F)(F)F)cc1/C=C\C. The van der Waals surface area contributed by atoms with Crippen molar-refractivity contribution in [2.75, 3.05) is 0 Å². The van der Waals surface area contributed by atoms with Crippen LogP contribution in [0.1, 0.15) is 62.2 Å². The van der Waals surface area contributed by atoms with Crippen molar-refractivity contribution in [1.29, 1.82) is 0 Å². The van der Waals surface area contributed by atoms with E-state index in [-0.39, 0.29) is 5.69 Å². The first-order valence-corrected chi connectivity index (χ1v) is 9.92. The van der Waals surface area contributed by atoms with Crippen molar-refractivity contribution in [3.8, 4) is 0 Å². The topological polar surface area (TPSA) is 36.0 Å². The van der Waals surface area contributed by atoms with Crippen molar-refractivity contribution in [3.05, 3.63) is 70.8 Å². The van der Waals surface area contributed by atoms with Crippen LogP contribution in [-0.2, 0) is 18.3 Å². The molecule has 0 amide bonds. The molecule has 164 valence electrons. The van der Waals surface area contributed by atoms with Crippen LogP contribution in [-0.4, -0.2) is 21.9 Å². The van der Waals surface area contributed by atoms with Crippen LogP contribution >= 0.6 is 0 Å². The predicted molar refractivity (Wildman–Crippen MR) is 114 cm³/mol. The normalized spacial score (nSPS) is 14.8. The van der Waals surface area contributed by atoms with Crippen molar-refractivity contribution in [3.63, 3.8) is 0 Å². The molecule has 1 atom stereocenters. The van der Waals surface area contributed by atoms with Crippen molar-refractivity contribution in [2.24, 2.45) is 0 Å². The van der Waals surface area contributed by atoms with Crippen LogP contribution in [0.2, 0.25) is 0 Å². The van der Waals surface area contributed by atoms with E-state index >= 15 is 0 Å². The Balaban J connectivity index is 2.47. The van der Waals surface area contributed by atoms with E-state index in [4.69, 9.17) is 0 Å². The van der Waals surface area contributed by atoms with E-state index in [9.17, 15) is 22.7 Å². The van der Waals surface area contributed by atoms with E-state index < -0.39 is 35.9 Å². The first-order chi connectivity index (χ1) is 13.9. The second-order valence-corrected chi connectivity index (χ2v) is 8.29. The molecule has 0 saturated carbocycles. The Bertz CT molecular complexity index is 924. The summed E-state index contributed by atoms with van der Waals surface area (Å²) in [6.07, 6.45) is -0.519. The summed E-state index contributed by atoms with van der Waals surface area (Å²) in [7, 11) is 0. The summed E-state index contributed by atoms with van der Waals surface area (Å²) < 4.78 is 56.1. The van der Waals surface area contributed by atoms with Crippen LogP contribution < -0.4 is 0 Å². The van der Waals surface area contributed by atoms with Crippen LogP contribution in [0.25, 0.3) is 12.2 Å². The average Bonchev–Trinajstić information content (AvgIpc) is 3.01. The van der Waals surface area contributed by atoms with Gasteiger partial charge in [-0.1, -0.05) is 45.6 Å². The van der Waals surface area contributed by atoms with Gasteiger partial charge in [-0.05, 0) is 66.1 Å². The standard InChI is InChI=1S/C24H29F4NO/c1-6-9-17-12-19(29-21(17)8-3)14-23(30,24(26,27)28)15-22(4,5)20-13-18(25)11-10-16(20)7-2/h6,8-13,29-30H,3,7,14-15H2,1-2,4-5H3/b9-6-. The van der Waals surface area contributed by atoms with Crippen LogP contribution in [0.5, 0.6) is 0 Å². The van der Waals surface area contributed by atoms with E-state index in [1.807, 2.05) is 6.92 Å². The van der Waals surface area contributed by atoms with Crippen LogP contribution in [0.4, 0.5) is 17.6 Å². The zero-order valence-electron chi connectivity index (χ0n) is 17.8. The van der Waals surface area contributed by atoms with Crippen molar-refractivity contribution in [2.45, 2.75) is 64.1 Å². The van der Waals surface area contributed by atoms with Crippen LogP contribution in [0.3, 0.4) is 0 Å². The van der Waals surface area contributed by atoms with Crippen molar-refractivity contribution < 1.29 is 22.7 Å². The highest BCUT2D eigenvalue weighted by atomic mass is 19.4. The molecule has 1 heterocycles. The second-order valence-electron chi connectivity index (χ2n) is 8.29. The molecule has 1 unspecified atom stereocenters. The Morgan fingerprint density at radius 1 is 1.17 bits per heavy atom. The minimum atomic E-state index is -4.87. The molecule has 0 aliphatic carbocycles. The molecular formula is C24H29F4NO. The van der Waals surface area contributed by atoms with Crippen LogP contribution in [0, 0.1) is 5.82 Å². The molecule has 1 aromatic carbocycles. The van der Waals surface area contributed by atoms with Crippen molar-refractivity contribution >= 4 is 12.2 Å². The third kappa shape index (κ3) is 5.04. The number of aryl methyl sites for hydroxylation is 1. The van der Waals surface area contributed by atoms with Gasteiger partial charge >= 0.3 is 6.18 Å². The highest BCUT2D eigenvalue weighted by molar-refractivity contribution is 5.63. The fourth-order valence-corrected chi connectivity index (χ4v) is 4.02. The van der Waals surface area contributed by atoms with Gasteiger partial charge in [-0.3, -0.25) is 0 Å². The van der Waals surface area contributed by atoms with E-state index in [1.54, 1.807) is 45.1 Å². The molecule has 1 aromatic heterocycles. The smallest absolute Gasteiger partial charge is 0.380 e. The summed E-state index contributed by atoms with van der Waals surface area (Å²) >= 11 is 0. The minimum Gasteiger partial charge on any atom is -0.380 e. The number of hydrogen-bond donors (Lipinski definition) is 2. The maximum absolute atomic E-state index is 14.1. The lowest BCUT2D eigenvalue weighted by Gasteiger charge is -2.38. The number of alkyl halides is 3. The van der Waals surface area contributed by atoms with E-state index in [1.165, 1.54) is 18.2 Å². The van der Waals surface area contributed by atoms with Gasteiger partial charge in [0.15, 0.2) is 5.60 Å². The molecule has 2 rings (SSSR count). The summed E-state index contributed by atoms with van der Waals surface area (Å²) in [5.74, 6) is -0.512. The number of benzene rings is 1. The highest BCUT2D eigenvalue weighted by Gasteiger charge is 2.56. The number of aromatic amines is 1. The molecule has 0 fully saturated rings. The number of aromatic nitrogens is 1. The largest absolute Gasteiger partial charge is 0.417 e. The number of allylic oxidation sites excluding steroid dienone is 1. The Kier molecular flexibility index (Phi) is 7.02. The first-order valence-electron chi connectivity index (χ1n) is 9.92. The second kappa shape index (κ2) is 8.80. The lowest BCUT2D eigenvalue weighted by Crippen LogP contribution is -2.51. The maximum atomic E-state index is 14.1. The summed E-state index contributed by atoms with van der Waals surface area (Å²) in [6, 6.07) is 5.74. The summed E-state index contributed by atoms with van der Waals surface area (Å²) in [5.41, 5.74) is -1.34. The molecule has 0 radical (unpaired) electrons. The number of rotatable bonds is 8. The molecule has 0 spiro atoms. The number of nitrogens with one attached hydrogen (secondary N) is 1. The zero-order valence-corrected chi connectivity index (χ0v) is 17.8. The Labute approximate surface area is 175 Å². The number of halogens is 4. The Hall–Kier alpha value is -2.34. The van der Waals surface area contributed by atoms with Crippen LogP contribution in [0.15, 0.2) is 36.9 Å². The highest BCUT2D eigenvalue weighted by Crippen LogP contribution is 2.44. The first kappa shape index (κ1) is 23.9. The molecule has 0 aliphatic rings. The van der Waals surface area contributed by atoms with Gasteiger partial charge in [0.2, 0.25) is 0 Å². The Morgan fingerprint density at radius 3 is 2.37 bits per heavy atom. The third-order valence-electron chi connectivity index (χ3n) is 5.41. The lowest BCUT2D eigenvalue weighted by molar-refractivity contribution is -0.266. The van der Waals surface area contributed by atoms with E-state index in [2.05, 4.69) is 11.6 Å². The third-order valence-corrected chi connectivity index (χ3v) is 5.41. The van der Waals surface area contributed by atoms with Gasteiger partial charge in [0, 0.05) is 17.8 Å². The molecule has 0 aliphatic heterocycles. The minimum absolute atomic E-state index is 0.253. The maximum Gasteiger partial charge on any atom is 0.417 e. The number of H-pyrrole nitrogens is 1. The molecule has 0 saturated heterocycles. The number of aliphatic hydroxyl groups is 1. The summed E-state index contributed by atoms with van der Waals surface area (Å²) in [5, 5.41) is 10.9. The molecule has 0 bridgehead atoms. The van der Waals surface area contributed by atoms with E-state index in [0.29, 0.717) is 23.2 Å². The van der Waals surface area contributed by atoms with Gasteiger partial charge in [0.05, 0.1) is 0 Å². The number of hydrogen-bond acceptors (Lipinski definition) is 1. The zero-order chi connectivity index (χ0) is 22.7. The van der Waals surface area contributed by atoms with Crippen molar-refractivity contribution in [1.82, 2.24) is 4.98 Å². The molecule has 2 N–H and O–H groups in total. The Morgan fingerprint density at radius 2 is 1.83 bits per heavy atom. The fraction of sp³-hybridized carbons (Fsp3) is 0.417. The van der Waals surface area contributed by atoms with Gasteiger partial charge in [-0.2, -0.15) is 13.2 Å². The quantitative estimate of drug-likeness (QED) is 0.461. The predicted octanol–water partition coefficient (Wildman–Crippen LogP) is 6.60. The monoisotopic (exact) mass is 423 g/mol. The van der Waals surface area contributed by atoms with Gasteiger partial charge in [-0.25, -0.2) is 4.39 Å². The molecule has 2 aromatic rings. The average molecular weight is 423 g/mol. The van der Waals surface area contributed by atoms with Gasteiger partial charge in [0.1, 0.15) is 5.82 Å². The fourth-order valence-electron chi connectivity index (χ4n) is 4.02. The molecular weight excluding hydrogens is 394 g/mol. The van der Waals surface area contributed by atoms with E-state index in [0.717, 1.165) is 5.56 Å². The van der Waals surface area contributed by atoms with Gasteiger partial charge in [-0.15, -0.1) is 0 Å². The molecule has 2 nitrogen and oxygen atoms in total. The molecule has 6 heteroatoms. The molecule has 30 heavy (non-hydrogen) atoms. The van der Waals surface area contributed by atoms with Gasteiger partial charge in [0.25, 0.3) is 0 Å².